The van der Waals surface area contributed by atoms with E-state index in [0.29, 0.717) is 12.2 Å². The minimum Gasteiger partial charge on any atom is -0.478 e. The molecule has 0 bridgehead atoms. The fourth-order valence-electron chi connectivity index (χ4n) is 2.26. The third-order valence-electron chi connectivity index (χ3n) is 3.65. The number of aromatic amines is 1. The van der Waals surface area contributed by atoms with Gasteiger partial charge in [0.1, 0.15) is 12.4 Å². The van der Waals surface area contributed by atoms with Gasteiger partial charge in [-0.1, -0.05) is 0 Å². The molecule has 0 amide bonds. The van der Waals surface area contributed by atoms with Gasteiger partial charge >= 0.3 is 5.97 Å². The number of aromatic nitrogens is 2. The molecule has 0 radical (unpaired) electrons. The topological polar surface area (TPSA) is 75.2 Å². The molecule has 2 aromatic rings. The van der Waals surface area contributed by atoms with E-state index < -0.39 is 5.97 Å². The molecule has 0 atom stereocenters. The number of carbonyl (C=O) groups is 1. The molecule has 2 rings (SSSR count). The molecule has 0 spiro atoms. The van der Waals surface area contributed by atoms with Crippen LogP contribution >= 0.6 is 0 Å². The maximum absolute atomic E-state index is 11.3. The molecule has 1 heterocycles. The van der Waals surface area contributed by atoms with Crippen molar-refractivity contribution in [3.63, 3.8) is 0 Å². The van der Waals surface area contributed by atoms with Crippen molar-refractivity contribution in [1.82, 2.24) is 9.97 Å². The first kappa shape index (κ1) is 14.3. The van der Waals surface area contributed by atoms with Gasteiger partial charge < -0.3 is 14.8 Å². The molecule has 5 heteroatoms. The monoisotopic (exact) mass is 274 g/mol. The maximum Gasteiger partial charge on any atom is 0.335 e. The van der Waals surface area contributed by atoms with Crippen molar-refractivity contribution in [2.24, 2.45) is 0 Å². The SMILES string of the molecule is COCc1ncc(-c2cc(C(=O)O)c(C)c(C)c2C)[nH]1. The Hall–Kier alpha value is -2.14. The summed E-state index contributed by atoms with van der Waals surface area (Å²) in [7, 11) is 1.60. The maximum atomic E-state index is 11.3. The standard InChI is InChI=1S/C15H18N2O3/c1-8-9(2)11(5-12(10(8)3)15(18)19)13-6-16-14(17-13)7-20-4/h5-6H,7H2,1-4H3,(H,16,17)(H,18,19). The Bertz CT molecular complexity index is 659. The van der Waals surface area contributed by atoms with E-state index in [1.54, 1.807) is 19.4 Å². The number of methoxy groups -OCH3 is 1. The summed E-state index contributed by atoms with van der Waals surface area (Å²) in [6.45, 7) is 6.15. The highest BCUT2D eigenvalue weighted by atomic mass is 16.5. The zero-order chi connectivity index (χ0) is 14.9. The van der Waals surface area contributed by atoms with E-state index in [-0.39, 0.29) is 0 Å². The number of H-pyrrole nitrogens is 1. The molecule has 0 saturated carbocycles. The number of hydrogen-bond donors (Lipinski definition) is 2. The van der Waals surface area contributed by atoms with Gasteiger partial charge in [-0.15, -0.1) is 0 Å². The van der Waals surface area contributed by atoms with Gasteiger partial charge in [0.15, 0.2) is 0 Å². The van der Waals surface area contributed by atoms with E-state index in [4.69, 9.17) is 4.74 Å². The van der Waals surface area contributed by atoms with Crippen molar-refractivity contribution < 1.29 is 14.6 Å². The fourth-order valence-corrected chi connectivity index (χ4v) is 2.26. The smallest absolute Gasteiger partial charge is 0.335 e. The molecular weight excluding hydrogens is 256 g/mol. The number of carboxylic acid groups (broad SMARTS) is 1. The lowest BCUT2D eigenvalue weighted by molar-refractivity contribution is 0.0696. The second kappa shape index (κ2) is 5.46. The summed E-state index contributed by atoms with van der Waals surface area (Å²) in [6.07, 6.45) is 1.71. The van der Waals surface area contributed by atoms with Crippen LogP contribution in [0, 0.1) is 20.8 Å². The highest BCUT2D eigenvalue weighted by Gasteiger charge is 2.16. The van der Waals surface area contributed by atoms with Crippen LogP contribution in [0.15, 0.2) is 12.3 Å². The lowest BCUT2D eigenvalue weighted by Crippen LogP contribution is -2.04. The van der Waals surface area contributed by atoms with Gasteiger partial charge in [0.05, 0.1) is 17.5 Å². The van der Waals surface area contributed by atoms with Gasteiger partial charge in [-0.05, 0) is 43.5 Å². The first-order chi connectivity index (χ1) is 9.45. The molecule has 0 aliphatic rings. The molecule has 0 saturated heterocycles. The van der Waals surface area contributed by atoms with Gasteiger partial charge in [0.25, 0.3) is 0 Å². The number of benzene rings is 1. The van der Waals surface area contributed by atoms with Gasteiger partial charge in [0.2, 0.25) is 0 Å². The minimum absolute atomic E-state index is 0.325. The third kappa shape index (κ3) is 2.44. The third-order valence-corrected chi connectivity index (χ3v) is 3.65. The summed E-state index contributed by atoms with van der Waals surface area (Å²) < 4.78 is 5.02. The number of imidazole rings is 1. The van der Waals surface area contributed by atoms with Gasteiger partial charge in [0, 0.05) is 12.7 Å². The van der Waals surface area contributed by atoms with Crippen molar-refractivity contribution in [2.75, 3.05) is 7.11 Å². The number of ether oxygens (including phenoxy) is 1. The van der Waals surface area contributed by atoms with Crippen LogP contribution in [0.4, 0.5) is 0 Å². The highest BCUT2D eigenvalue weighted by Crippen LogP contribution is 2.29. The summed E-state index contributed by atoms with van der Waals surface area (Å²) in [6, 6.07) is 1.70. The van der Waals surface area contributed by atoms with Gasteiger partial charge in [-0.25, -0.2) is 9.78 Å². The first-order valence-electron chi connectivity index (χ1n) is 6.33. The van der Waals surface area contributed by atoms with Crippen molar-refractivity contribution in [3.8, 4) is 11.3 Å². The Morgan fingerprint density at radius 1 is 1.30 bits per heavy atom. The van der Waals surface area contributed by atoms with Crippen LogP contribution in [-0.4, -0.2) is 28.2 Å². The molecule has 0 aliphatic heterocycles. The number of nitrogens with zero attached hydrogens (tertiary/aromatic N) is 1. The Balaban J connectivity index is 2.58. The highest BCUT2D eigenvalue weighted by molar-refractivity contribution is 5.92. The van der Waals surface area contributed by atoms with Crippen molar-refractivity contribution in [2.45, 2.75) is 27.4 Å². The minimum atomic E-state index is -0.913. The Morgan fingerprint density at radius 2 is 2.00 bits per heavy atom. The van der Waals surface area contributed by atoms with Gasteiger partial charge in [-0.2, -0.15) is 0 Å². The zero-order valence-electron chi connectivity index (χ0n) is 12.1. The molecule has 0 aliphatic carbocycles. The molecule has 5 nitrogen and oxygen atoms in total. The van der Waals surface area contributed by atoms with E-state index in [2.05, 4.69) is 9.97 Å². The number of hydrogen-bond acceptors (Lipinski definition) is 3. The molecule has 2 N–H and O–H groups in total. The lowest BCUT2D eigenvalue weighted by Gasteiger charge is -2.13. The number of aromatic carboxylic acids is 1. The molecule has 0 unspecified atom stereocenters. The summed E-state index contributed by atoms with van der Waals surface area (Å²) >= 11 is 0. The number of nitrogens with one attached hydrogen (secondary N) is 1. The van der Waals surface area contributed by atoms with Crippen LogP contribution in [0.25, 0.3) is 11.3 Å². The van der Waals surface area contributed by atoms with E-state index in [9.17, 15) is 9.90 Å². The Labute approximate surface area is 117 Å². The number of rotatable bonds is 4. The first-order valence-corrected chi connectivity index (χ1v) is 6.33. The second-order valence-corrected chi connectivity index (χ2v) is 4.83. The van der Waals surface area contributed by atoms with Crippen LogP contribution in [0.3, 0.4) is 0 Å². The summed E-state index contributed by atoms with van der Waals surface area (Å²) in [5.74, 6) is -0.194. The quantitative estimate of drug-likeness (QED) is 0.899. The van der Waals surface area contributed by atoms with Gasteiger partial charge in [-0.3, -0.25) is 0 Å². The van der Waals surface area contributed by atoms with Crippen LogP contribution in [0.5, 0.6) is 0 Å². The predicted octanol–water partition coefficient (Wildman–Crippen LogP) is 2.85. The van der Waals surface area contributed by atoms with E-state index in [1.807, 2.05) is 20.8 Å². The zero-order valence-corrected chi connectivity index (χ0v) is 12.1. The number of carboxylic acids is 1. The lowest BCUT2D eigenvalue weighted by atomic mass is 9.93. The average Bonchev–Trinajstić information content (AvgIpc) is 2.85. The molecular formula is C15H18N2O3. The second-order valence-electron chi connectivity index (χ2n) is 4.83. The van der Waals surface area contributed by atoms with Crippen LogP contribution in [0.1, 0.15) is 32.9 Å². The normalized spacial score (nSPS) is 10.8. The van der Waals surface area contributed by atoms with Crippen molar-refractivity contribution >= 4 is 5.97 Å². The largest absolute Gasteiger partial charge is 0.478 e. The summed E-state index contributed by atoms with van der Waals surface area (Å²) in [5.41, 5.74) is 4.84. The van der Waals surface area contributed by atoms with Crippen LogP contribution < -0.4 is 0 Å². The van der Waals surface area contributed by atoms with Crippen molar-refractivity contribution in [1.29, 1.82) is 0 Å². The Kier molecular flexibility index (Phi) is 3.90. The van der Waals surface area contributed by atoms with Crippen molar-refractivity contribution in [3.05, 3.63) is 40.3 Å². The molecule has 106 valence electrons. The molecule has 0 fully saturated rings. The molecule has 1 aromatic heterocycles. The van der Waals surface area contributed by atoms with Crippen LogP contribution in [0.2, 0.25) is 0 Å². The summed E-state index contributed by atoms with van der Waals surface area (Å²) in [4.78, 5) is 18.7. The van der Waals surface area contributed by atoms with Crippen LogP contribution in [-0.2, 0) is 11.3 Å². The Morgan fingerprint density at radius 3 is 2.60 bits per heavy atom. The fraction of sp³-hybridized carbons (Fsp3) is 0.333. The molecule has 20 heavy (non-hydrogen) atoms. The molecule has 1 aromatic carbocycles. The summed E-state index contributed by atoms with van der Waals surface area (Å²) in [5, 5.41) is 9.30. The van der Waals surface area contributed by atoms with E-state index in [1.165, 1.54) is 0 Å². The van der Waals surface area contributed by atoms with E-state index >= 15 is 0 Å². The predicted molar refractivity (Wildman–Crippen MR) is 75.9 cm³/mol. The average molecular weight is 274 g/mol. The van der Waals surface area contributed by atoms with E-state index in [0.717, 1.165) is 33.8 Å².